The molecule has 13 heteroatoms. The number of nitrogens with zero attached hydrogens (tertiary/aromatic N) is 4. The number of hydrogen-bond acceptors (Lipinski definition) is 9. The predicted octanol–water partition coefficient (Wildman–Crippen LogP) is 0.493. The Bertz CT molecular complexity index is 1310. The van der Waals surface area contributed by atoms with E-state index in [4.69, 9.17) is 10.8 Å². The van der Waals surface area contributed by atoms with Gasteiger partial charge in [0.15, 0.2) is 11.2 Å². The van der Waals surface area contributed by atoms with E-state index in [1.54, 1.807) is 17.0 Å². The van der Waals surface area contributed by atoms with E-state index in [-0.39, 0.29) is 35.6 Å². The zero-order valence-corrected chi connectivity index (χ0v) is 17.8. The second kappa shape index (κ2) is 10.2. The number of aromatic nitrogens is 4. The van der Waals surface area contributed by atoms with Crippen molar-refractivity contribution >= 4 is 40.6 Å². The fourth-order valence-electron chi connectivity index (χ4n) is 3.05. The van der Waals surface area contributed by atoms with Crippen molar-refractivity contribution in [2.24, 2.45) is 0 Å². The van der Waals surface area contributed by atoms with Crippen molar-refractivity contribution in [1.82, 2.24) is 25.3 Å². The van der Waals surface area contributed by atoms with Gasteiger partial charge in [-0.15, -0.1) is 0 Å². The summed E-state index contributed by atoms with van der Waals surface area (Å²) in [5, 5.41) is 20.2. The first-order valence-corrected chi connectivity index (χ1v) is 9.94. The summed E-state index contributed by atoms with van der Waals surface area (Å²) in [4.78, 5) is 62.8. The minimum atomic E-state index is -1.33. The van der Waals surface area contributed by atoms with Gasteiger partial charge in [0.2, 0.25) is 5.95 Å². The topological polar surface area (TPSA) is 204 Å². The van der Waals surface area contributed by atoms with E-state index in [1.165, 1.54) is 24.5 Å². The van der Waals surface area contributed by atoms with Gasteiger partial charge in [-0.3, -0.25) is 19.4 Å². The van der Waals surface area contributed by atoms with Crippen LogP contribution in [0, 0.1) is 0 Å². The molecule has 0 saturated heterocycles. The molecule has 0 aliphatic heterocycles. The van der Waals surface area contributed by atoms with E-state index in [2.05, 4.69) is 31.8 Å². The lowest BCUT2D eigenvalue weighted by Crippen LogP contribution is -2.41. The molecule has 0 spiro atoms. The maximum atomic E-state index is 12.4. The van der Waals surface area contributed by atoms with Crippen LogP contribution in [0.5, 0.6) is 0 Å². The first-order valence-electron chi connectivity index (χ1n) is 9.94. The number of fused-ring (bicyclic) bond motifs is 1. The second-order valence-electron chi connectivity index (χ2n) is 7.14. The number of rotatable bonds is 10. The molecule has 0 bridgehead atoms. The summed E-state index contributed by atoms with van der Waals surface area (Å²) in [5.74, 6) is -3.19. The molecule has 0 radical (unpaired) electrons. The first-order chi connectivity index (χ1) is 16.2. The summed E-state index contributed by atoms with van der Waals surface area (Å²) in [6.45, 7) is 3.97. The van der Waals surface area contributed by atoms with Crippen molar-refractivity contribution in [3.05, 3.63) is 64.9 Å². The van der Waals surface area contributed by atoms with Gasteiger partial charge in [-0.25, -0.2) is 14.8 Å². The number of anilines is 2. The van der Waals surface area contributed by atoms with Crippen LogP contribution in [0.1, 0.15) is 28.9 Å². The Morgan fingerprint density at radius 1 is 1.21 bits per heavy atom. The van der Waals surface area contributed by atoms with Crippen molar-refractivity contribution in [3.8, 4) is 0 Å². The van der Waals surface area contributed by atoms with Crippen LogP contribution in [-0.4, -0.2) is 54.0 Å². The van der Waals surface area contributed by atoms with Gasteiger partial charge in [-0.2, -0.15) is 4.98 Å². The average molecular weight is 467 g/mol. The third-order valence-corrected chi connectivity index (χ3v) is 4.75. The Labute approximate surface area is 192 Å². The van der Waals surface area contributed by atoms with Crippen molar-refractivity contribution in [1.29, 1.82) is 0 Å². The van der Waals surface area contributed by atoms with Gasteiger partial charge in [-0.1, -0.05) is 6.58 Å². The number of benzene rings is 1. The number of carbonyl (C=O) groups is 3. The number of aliphatic carboxylic acids is 2. The molecule has 176 valence electrons. The minimum Gasteiger partial charge on any atom is -0.481 e. The second-order valence-corrected chi connectivity index (χ2v) is 7.14. The van der Waals surface area contributed by atoms with Gasteiger partial charge < -0.3 is 26.2 Å². The summed E-state index contributed by atoms with van der Waals surface area (Å²) in [7, 11) is 0. The fourth-order valence-corrected chi connectivity index (χ4v) is 3.05. The third-order valence-electron chi connectivity index (χ3n) is 4.75. The van der Waals surface area contributed by atoms with Crippen LogP contribution in [0.15, 0.2) is 48.0 Å². The lowest BCUT2D eigenvalue weighted by Gasteiger charge is -2.20. The molecule has 0 aliphatic rings. The quantitative estimate of drug-likeness (QED) is 0.277. The fraction of sp³-hybridized carbons (Fsp3) is 0.190. The molecule has 1 atom stereocenters. The number of aromatic amines is 1. The van der Waals surface area contributed by atoms with Gasteiger partial charge in [0.1, 0.15) is 6.04 Å². The minimum absolute atomic E-state index is 0.0404. The van der Waals surface area contributed by atoms with E-state index in [0.29, 0.717) is 11.4 Å². The predicted molar refractivity (Wildman–Crippen MR) is 121 cm³/mol. The summed E-state index contributed by atoms with van der Waals surface area (Å²) < 4.78 is 0. The van der Waals surface area contributed by atoms with Crippen LogP contribution in [0.25, 0.3) is 11.2 Å². The number of nitrogens with one attached hydrogen (secondary N) is 2. The molecule has 2 aromatic heterocycles. The number of hydrogen-bond donors (Lipinski definition) is 5. The Hall–Kier alpha value is -4.81. The van der Waals surface area contributed by atoms with Crippen molar-refractivity contribution < 1.29 is 24.6 Å². The molecule has 0 fully saturated rings. The van der Waals surface area contributed by atoms with Gasteiger partial charge in [0, 0.05) is 17.7 Å². The molecule has 0 unspecified atom stereocenters. The first kappa shape index (κ1) is 23.8. The molecule has 13 nitrogen and oxygen atoms in total. The van der Waals surface area contributed by atoms with Crippen LogP contribution in [-0.2, 0) is 16.1 Å². The molecule has 3 aromatic rings. The Balaban J connectivity index is 1.73. The number of carboxylic acid groups (broad SMARTS) is 2. The summed E-state index contributed by atoms with van der Waals surface area (Å²) >= 11 is 0. The number of amides is 1. The maximum absolute atomic E-state index is 12.4. The smallest absolute Gasteiger partial charge is 0.326 e. The van der Waals surface area contributed by atoms with Gasteiger partial charge in [-0.05, 0) is 36.9 Å². The van der Waals surface area contributed by atoms with Crippen molar-refractivity contribution in [3.63, 3.8) is 0 Å². The number of carboxylic acids is 2. The molecule has 1 amide bonds. The Kier molecular flexibility index (Phi) is 7.16. The maximum Gasteiger partial charge on any atom is 0.326 e. The Morgan fingerprint density at radius 2 is 1.91 bits per heavy atom. The molecular formula is C21H21N7O6. The van der Waals surface area contributed by atoms with E-state index < -0.39 is 35.9 Å². The monoisotopic (exact) mass is 467 g/mol. The van der Waals surface area contributed by atoms with Crippen LogP contribution < -0.4 is 21.5 Å². The van der Waals surface area contributed by atoms with Crippen LogP contribution in [0.4, 0.5) is 11.6 Å². The van der Waals surface area contributed by atoms with Crippen molar-refractivity contribution in [2.45, 2.75) is 25.4 Å². The summed E-state index contributed by atoms with van der Waals surface area (Å²) in [5.41, 5.74) is 6.43. The highest BCUT2D eigenvalue weighted by molar-refractivity contribution is 5.97. The zero-order valence-electron chi connectivity index (χ0n) is 17.8. The average Bonchev–Trinajstić information content (AvgIpc) is 2.80. The molecule has 0 aliphatic carbocycles. The molecule has 34 heavy (non-hydrogen) atoms. The Morgan fingerprint density at radius 3 is 2.53 bits per heavy atom. The molecular weight excluding hydrogens is 446 g/mol. The van der Waals surface area contributed by atoms with E-state index >= 15 is 0 Å². The highest BCUT2D eigenvalue weighted by Crippen LogP contribution is 2.18. The van der Waals surface area contributed by atoms with Gasteiger partial charge in [0.05, 0.1) is 18.4 Å². The van der Waals surface area contributed by atoms with Crippen LogP contribution >= 0.6 is 0 Å². The molecule has 0 saturated carbocycles. The van der Waals surface area contributed by atoms with Gasteiger partial charge >= 0.3 is 11.9 Å². The normalized spacial score (nSPS) is 11.5. The SMILES string of the molecule is C=CN(Cc1cnc2nc(N)[nH]c(=O)c2n1)c1ccc(C(=O)N[C@@H](CCC(=O)O)C(=O)O)cc1. The van der Waals surface area contributed by atoms with Crippen molar-refractivity contribution in [2.75, 3.05) is 10.6 Å². The lowest BCUT2D eigenvalue weighted by molar-refractivity contribution is -0.140. The number of nitrogen functional groups attached to an aromatic ring is 1. The standard InChI is InChI=1S/C21H21N7O6/c1-2-28(10-12-9-23-17-16(24-12)19(32)27-21(22)26-17)13-5-3-11(4-6-13)18(31)25-14(20(33)34)7-8-15(29)30/h2-6,9,14H,1,7-8,10H2,(H,25,31)(H,29,30)(H,33,34)(H3,22,23,26,27,32)/t14-/m0/s1. The van der Waals surface area contributed by atoms with Gasteiger partial charge in [0.25, 0.3) is 11.5 Å². The third kappa shape index (κ3) is 5.70. The summed E-state index contributed by atoms with van der Waals surface area (Å²) in [6.07, 6.45) is 2.35. The molecule has 2 heterocycles. The van der Waals surface area contributed by atoms with Crippen LogP contribution in [0.3, 0.4) is 0 Å². The molecule has 3 rings (SSSR count). The molecule has 6 N–H and O–H groups in total. The number of carbonyl (C=O) groups excluding carboxylic acids is 1. The number of nitrogens with two attached hydrogens (primary N) is 1. The van der Waals surface area contributed by atoms with E-state index in [0.717, 1.165) is 0 Å². The largest absolute Gasteiger partial charge is 0.481 e. The lowest BCUT2D eigenvalue weighted by atomic mass is 10.1. The highest BCUT2D eigenvalue weighted by Gasteiger charge is 2.21. The number of H-pyrrole nitrogens is 1. The van der Waals surface area contributed by atoms with E-state index in [1.807, 2.05) is 0 Å². The van der Waals surface area contributed by atoms with Crippen LogP contribution in [0.2, 0.25) is 0 Å². The molecule has 1 aromatic carbocycles. The summed E-state index contributed by atoms with van der Waals surface area (Å²) in [6, 6.07) is 4.88. The van der Waals surface area contributed by atoms with E-state index in [9.17, 15) is 24.3 Å². The zero-order chi connectivity index (χ0) is 24.8. The highest BCUT2D eigenvalue weighted by atomic mass is 16.4.